The number of aliphatic hydroxyl groups excluding tert-OH is 1. The van der Waals surface area contributed by atoms with Gasteiger partial charge in [0.25, 0.3) is 0 Å². The second kappa shape index (κ2) is 73.0. The molecule has 0 aromatic carbocycles. The predicted molar refractivity (Wildman–Crippen MR) is 408 cm³/mol. The van der Waals surface area contributed by atoms with E-state index in [0.717, 1.165) is 193 Å². The van der Waals surface area contributed by atoms with Crippen LogP contribution in [0, 0.1) is 0 Å². The Bertz CT molecular complexity index is 2320. The summed E-state index contributed by atoms with van der Waals surface area (Å²) in [5, 5.41) is 10.6. The third-order valence-corrected chi connectivity index (χ3v) is 18.1. The van der Waals surface area contributed by atoms with Gasteiger partial charge in [0.1, 0.15) is 19.3 Å². The van der Waals surface area contributed by atoms with Crippen LogP contribution in [0.5, 0.6) is 0 Å². The van der Waals surface area contributed by atoms with Crippen molar-refractivity contribution in [2.45, 2.75) is 341 Å². The van der Waals surface area contributed by atoms with Gasteiger partial charge in [0.15, 0.2) is 12.2 Å². The molecule has 17 nitrogen and oxygen atoms in total. The normalized spacial score (nSPS) is 14.5. The Morgan fingerprint density at radius 2 is 0.530 bits per heavy atom. The number of hydrogen-bond acceptors (Lipinski definition) is 15. The minimum atomic E-state index is -4.98. The zero-order chi connectivity index (χ0) is 73.2. The van der Waals surface area contributed by atoms with E-state index in [1.54, 1.807) is 0 Å². The van der Waals surface area contributed by atoms with Gasteiger partial charge < -0.3 is 33.8 Å². The SMILES string of the molecule is CC/C=C\C/C=C\C/C=C\C/C=C\CCCCCCCCC(=O)OCC(COP(=O)(O)OCC(O)COP(=O)(O)OCC(COC(=O)CCCCCCCC/C=C\C/C=C\C/C=C\C/C=C\CC)OC(=O)CCCCCCCCCCCCC)OC(=O)CCCCCCC/C=C\CCCC. The van der Waals surface area contributed by atoms with E-state index in [1.807, 2.05) is 0 Å². The van der Waals surface area contributed by atoms with Crippen molar-refractivity contribution in [1.29, 1.82) is 0 Å². The minimum Gasteiger partial charge on any atom is -0.462 e. The first-order chi connectivity index (χ1) is 48.7. The predicted octanol–water partition coefficient (Wildman–Crippen LogP) is 22.6. The molecule has 19 heteroatoms. The van der Waals surface area contributed by atoms with Crippen LogP contribution in [0.1, 0.15) is 323 Å². The Labute approximate surface area is 607 Å². The summed E-state index contributed by atoms with van der Waals surface area (Å²) in [6.45, 7) is 4.58. The second-order valence-electron chi connectivity index (χ2n) is 25.9. The molecule has 0 amide bonds. The van der Waals surface area contributed by atoms with Crippen molar-refractivity contribution in [1.82, 2.24) is 0 Å². The molecule has 5 unspecified atom stereocenters. The standard InChI is InChI=1S/C81H140O17P2/c1-5-9-13-17-21-25-29-31-33-35-37-39-41-43-47-49-53-57-61-65-78(83)91-71-76(97-80(85)67-63-59-55-51-45-27-23-19-15-11-7-3)73-95-99(87,88)93-69-75(82)70-94-100(89,90)96-74-77(98-81(86)68-64-60-56-52-46-28-24-20-16-12-8-4)72-92-79(84)66-62-58-54-50-48-44-42-40-38-36-34-32-30-26-22-18-14-10-6-2/h9-10,13-14,19,21-23,25-26,31-34,37-40,75-77,82H,5-8,11-12,15-18,20,24,27-30,35-36,41-74H2,1-4H3,(H,87,88)(H,89,90)/b13-9-,14-10-,23-19-,25-21-,26-22-,33-31-,34-32-,39-37-,40-38-. The van der Waals surface area contributed by atoms with Crippen LogP contribution in [0.2, 0.25) is 0 Å². The summed E-state index contributed by atoms with van der Waals surface area (Å²) in [5.74, 6) is -2.20. The van der Waals surface area contributed by atoms with Gasteiger partial charge in [0.2, 0.25) is 0 Å². The van der Waals surface area contributed by atoms with Crippen LogP contribution in [-0.2, 0) is 65.4 Å². The number of hydrogen-bond donors (Lipinski definition) is 3. The van der Waals surface area contributed by atoms with Gasteiger partial charge in [-0.25, -0.2) is 9.13 Å². The van der Waals surface area contributed by atoms with E-state index in [2.05, 4.69) is 137 Å². The summed E-state index contributed by atoms with van der Waals surface area (Å²) in [6.07, 6.45) is 77.9. The van der Waals surface area contributed by atoms with Crippen molar-refractivity contribution in [3.63, 3.8) is 0 Å². The highest BCUT2D eigenvalue weighted by Crippen LogP contribution is 2.45. The molecule has 0 aliphatic heterocycles. The van der Waals surface area contributed by atoms with Crippen molar-refractivity contribution in [3.05, 3.63) is 109 Å². The quantitative estimate of drug-likeness (QED) is 0.0169. The maximum atomic E-state index is 13.1. The molecule has 0 fully saturated rings. The number of phosphoric acid groups is 2. The number of aliphatic hydroxyl groups is 1. The zero-order valence-electron chi connectivity index (χ0n) is 62.8. The van der Waals surface area contributed by atoms with E-state index in [1.165, 1.54) is 51.4 Å². The van der Waals surface area contributed by atoms with Crippen molar-refractivity contribution < 1.29 is 80.2 Å². The number of rotatable bonds is 73. The lowest BCUT2D eigenvalue weighted by Gasteiger charge is -2.21. The van der Waals surface area contributed by atoms with E-state index >= 15 is 0 Å². The Hall–Kier alpha value is -4.28. The van der Waals surface area contributed by atoms with Crippen LogP contribution >= 0.6 is 15.6 Å². The lowest BCUT2D eigenvalue weighted by molar-refractivity contribution is -0.161. The second-order valence-corrected chi connectivity index (χ2v) is 28.8. The fourth-order valence-electron chi connectivity index (χ4n) is 10.3. The molecule has 0 heterocycles. The first-order valence-corrected chi connectivity index (χ1v) is 42.1. The molecule has 100 heavy (non-hydrogen) atoms. The molecule has 3 N–H and O–H groups in total. The fourth-order valence-corrected chi connectivity index (χ4v) is 11.9. The summed E-state index contributed by atoms with van der Waals surface area (Å²) in [7, 11) is -9.95. The number of carbonyl (C=O) groups is 4. The molecular weight excluding hydrogens is 1310 g/mol. The molecule has 0 radical (unpaired) electrons. The van der Waals surface area contributed by atoms with E-state index in [9.17, 15) is 43.2 Å². The van der Waals surface area contributed by atoms with Crippen LogP contribution in [-0.4, -0.2) is 96.7 Å². The average Bonchev–Trinajstić information content (AvgIpc) is 0.953. The van der Waals surface area contributed by atoms with Crippen LogP contribution in [0.4, 0.5) is 0 Å². The minimum absolute atomic E-state index is 0.0807. The van der Waals surface area contributed by atoms with Gasteiger partial charge in [-0.15, -0.1) is 0 Å². The number of ether oxygens (including phenoxy) is 4. The summed E-state index contributed by atoms with van der Waals surface area (Å²) in [5.41, 5.74) is 0. The molecule has 5 atom stereocenters. The van der Waals surface area contributed by atoms with E-state index in [4.69, 9.17) is 37.0 Å². The fraction of sp³-hybridized carbons (Fsp3) is 0.728. The molecule has 0 saturated carbocycles. The van der Waals surface area contributed by atoms with Crippen molar-refractivity contribution in [3.8, 4) is 0 Å². The number of carbonyl (C=O) groups excluding carboxylic acids is 4. The van der Waals surface area contributed by atoms with Gasteiger partial charge in [-0.05, 0) is 122 Å². The van der Waals surface area contributed by atoms with Crippen molar-refractivity contribution in [2.24, 2.45) is 0 Å². The summed E-state index contributed by atoms with van der Waals surface area (Å²) in [4.78, 5) is 72.8. The summed E-state index contributed by atoms with van der Waals surface area (Å²) < 4.78 is 68.5. The third-order valence-electron chi connectivity index (χ3n) is 16.2. The molecule has 0 aromatic heterocycles. The molecule has 0 aliphatic carbocycles. The van der Waals surface area contributed by atoms with Gasteiger partial charge in [0.05, 0.1) is 26.4 Å². The Morgan fingerprint density at radius 1 is 0.290 bits per heavy atom. The first-order valence-electron chi connectivity index (χ1n) is 39.1. The van der Waals surface area contributed by atoms with Gasteiger partial charge in [-0.1, -0.05) is 285 Å². The van der Waals surface area contributed by atoms with Gasteiger partial charge in [-0.3, -0.25) is 37.3 Å². The Kier molecular flexibility index (Phi) is 69.9. The highest BCUT2D eigenvalue weighted by Gasteiger charge is 2.30. The zero-order valence-corrected chi connectivity index (χ0v) is 64.6. The maximum absolute atomic E-state index is 13.1. The van der Waals surface area contributed by atoms with E-state index < -0.39 is 97.5 Å². The molecule has 0 aliphatic rings. The summed E-state index contributed by atoms with van der Waals surface area (Å²) >= 11 is 0. The van der Waals surface area contributed by atoms with Gasteiger partial charge >= 0.3 is 39.5 Å². The molecule has 0 rings (SSSR count). The smallest absolute Gasteiger partial charge is 0.462 e. The van der Waals surface area contributed by atoms with Gasteiger partial charge in [-0.2, -0.15) is 0 Å². The maximum Gasteiger partial charge on any atom is 0.472 e. The Balaban J connectivity index is 5.28. The monoisotopic (exact) mass is 1450 g/mol. The lowest BCUT2D eigenvalue weighted by atomic mass is 10.1. The summed E-state index contributed by atoms with van der Waals surface area (Å²) in [6, 6.07) is 0. The van der Waals surface area contributed by atoms with Crippen LogP contribution < -0.4 is 0 Å². The average molecular weight is 1450 g/mol. The Morgan fingerprint density at radius 3 is 0.840 bits per heavy atom. The lowest BCUT2D eigenvalue weighted by Crippen LogP contribution is -2.30. The number of allylic oxidation sites excluding steroid dienone is 18. The molecule has 0 aromatic rings. The van der Waals surface area contributed by atoms with E-state index in [-0.39, 0.29) is 25.7 Å². The molecule has 0 saturated heterocycles. The van der Waals surface area contributed by atoms with E-state index in [0.29, 0.717) is 25.7 Å². The highest BCUT2D eigenvalue weighted by atomic mass is 31.2. The molecule has 0 bridgehead atoms. The van der Waals surface area contributed by atoms with Crippen LogP contribution in [0.15, 0.2) is 109 Å². The number of unbranched alkanes of at least 4 members (excludes halogenated alkanes) is 29. The number of phosphoric ester groups is 2. The number of esters is 4. The molecule has 0 spiro atoms. The van der Waals surface area contributed by atoms with Crippen LogP contribution in [0.25, 0.3) is 0 Å². The first kappa shape index (κ1) is 95.7. The topological polar surface area (TPSA) is 237 Å². The third kappa shape index (κ3) is 72.1. The van der Waals surface area contributed by atoms with Crippen molar-refractivity contribution >= 4 is 39.5 Å². The molecule has 576 valence electrons. The largest absolute Gasteiger partial charge is 0.472 e. The van der Waals surface area contributed by atoms with Crippen molar-refractivity contribution in [2.75, 3.05) is 39.6 Å². The highest BCUT2D eigenvalue weighted by molar-refractivity contribution is 7.47. The van der Waals surface area contributed by atoms with Crippen LogP contribution in [0.3, 0.4) is 0 Å². The molecular formula is C81H140O17P2. The van der Waals surface area contributed by atoms with Gasteiger partial charge in [0, 0.05) is 25.7 Å².